The molecule has 0 aliphatic rings. The maximum Gasteiger partial charge on any atom is 0.282 e. The number of carbonyl (C=O) groups is 1. The van der Waals surface area contributed by atoms with Crippen molar-refractivity contribution < 1.29 is 18.8 Å². The predicted octanol–water partition coefficient (Wildman–Crippen LogP) is 5.21. The van der Waals surface area contributed by atoms with Crippen molar-refractivity contribution in [1.29, 1.82) is 0 Å². The van der Waals surface area contributed by atoms with Gasteiger partial charge in [-0.3, -0.25) is 14.9 Å². The van der Waals surface area contributed by atoms with E-state index in [0.717, 1.165) is 25.3 Å². The quantitative estimate of drug-likeness (QED) is 0.387. The zero-order chi connectivity index (χ0) is 19.1. The number of amides is 1. The molecule has 2 aromatic carbocycles. The fourth-order valence-corrected chi connectivity index (χ4v) is 2.49. The molecule has 0 unspecified atom stereocenters. The highest BCUT2D eigenvalue weighted by Crippen LogP contribution is 2.31. The number of hydrogen-bond donors (Lipinski definition) is 1. The Labute approximate surface area is 155 Å². The van der Waals surface area contributed by atoms with E-state index in [4.69, 9.17) is 16.3 Å². The highest BCUT2D eigenvalue weighted by Gasteiger charge is 2.21. The number of nitrogens with one attached hydrogen (secondary N) is 1. The first-order chi connectivity index (χ1) is 12.4. The third kappa shape index (κ3) is 4.92. The molecule has 26 heavy (non-hydrogen) atoms. The first kappa shape index (κ1) is 19.7. The van der Waals surface area contributed by atoms with E-state index in [1.54, 1.807) is 0 Å². The van der Waals surface area contributed by atoms with Gasteiger partial charge in [0, 0.05) is 12.1 Å². The molecule has 0 saturated heterocycles. The molecule has 1 amide bonds. The maximum atomic E-state index is 14.1. The van der Waals surface area contributed by atoms with Crippen molar-refractivity contribution in [2.45, 2.75) is 26.2 Å². The number of ether oxygens (including phenoxy) is 1. The van der Waals surface area contributed by atoms with Crippen molar-refractivity contribution in [3.8, 4) is 5.75 Å². The summed E-state index contributed by atoms with van der Waals surface area (Å²) in [5, 5.41) is 13.4. The Morgan fingerprint density at radius 1 is 1.31 bits per heavy atom. The summed E-state index contributed by atoms with van der Waals surface area (Å²) in [6, 6.07) is 7.74. The highest BCUT2D eigenvalue weighted by atomic mass is 35.5. The number of carbonyl (C=O) groups excluding carboxylic acids is 1. The summed E-state index contributed by atoms with van der Waals surface area (Å²) in [5.74, 6) is -1.32. The minimum Gasteiger partial charge on any atom is -0.492 e. The Kier molecular flexibility index (Phi) is 6.91. The van der Waals surface area contributed by atoms with Crippen molar-refractivity contribution in [2.24, 2.45) is 0 Å². The Bertz CT molecular complexity index is 814. The lowest BCUT2D eigenvalue weighted by Crippen LogP contribution is -2.15. The van der Waals surface area contributed by atoms with E-state index in [-0.39, 0.29) is 27.7 Å². The summed E-state index contributed by atoms with van der Waals surface area (Å²) < 4.78 is 19.6. The Balaban J connectivity index is 2.21. The van der Waals surface area contributed by atoms with Crippen LogP contribution in [0.4, 0.5) is 15.8 Å². The average Bonchev–Trinajstić information content (AvgIpc) is 2.62. The topological polar surface area (TPSA) is 81.5 Å². The van der Waals surface area contributed by atoms with E-state index in [0.29, 0.717) is 6.61 Å². The van der Waals surface area contributed by atoms with Crippen LogP contribution in [0.3, 0.4) is 0 Å². The molecular formula is C18H18ClFN2O4. The zero-order valence-electron chi connectivity index (χ0n) is 14.1. The summed E-state index contributed by atoms with van der Waals surface area (Å²) in [7, 11) is 0. The first-order valence-electron chi connectivity index (χ1n) is 8.10. The van der Waals surface area contributed by atoms with Crippen LogP contribution in [-0.4, -0.2) is 17.4 Å². The number of anilines is 1. The van der Waals surface area contributed by atoms with Crippen LogP contribution in [0.1, 0.15) is 36.5 Å². The molecule has 0 aliphatic heterocycles. The number of nitrogens with zero attached hydrogens (tertiary/aromatic N) is 1. The molecule has 0 atom stereocenters. The van der Waals surface area contributed by atoms with E-state index in [1.807, 2.05) is 0 Å². The van der Waals surface area contributed by atoms with Crippen molar-refractivity contribution in [3.05, 3.63) is 62.9 Å². The fourth-order valence-electron chi connectivity index (χ4n) is 2.28. The molecule has 0 aromatic heterocycles. The summed E-state index contributed by atoms with van der Waals surface area (Å²) in [5.41, 5.74) is -0.698. The highest BCUT2D eigenvalue weighted by molar-refractivity contribution is 6.32. The lowest BCUT2D eigenvalue weighted by molar-refractivity contribution is -0.385. The summed E-state index contributed by atoms with van der Waals surface area (Å²) in [6.07, 6.45) is 2.83. The maximum absolute atomic E-state index is 14.1. The van der Waals surface area contributed by atoms with Gasteiger partial charge >= 0.3 is 0 Å². The first-order valence-corrected chi connectivity index (χ1v) is 8.48. The normalized spacial score (nSPS) is 10.4. The lowest BCUT2D eigenvalue weighted by atomic mass is 10.1. The second-order valence-electron chi connectivity index (χ2n) is 5.55. The van der Waals surface area contributed by atoms with Crippen molar-refractivity contribution in [1.82, 2.24) is 0 Å². The lowest BCUT2D eigenvalue weighted by Gasteiger charge is -2.12. The van der Waals surface area contributed by atoms with Gasteiger partial charge in [-0.1, -0.05) is 43.5 Å². The second kappa shape index (κ2) is 9.15. The fraction of sp³-hybridized carbons (Fsp3) is 0.278. The molecule has 0 radical (unpaired) electrons. The molecule has 6 nitrogen and oxygen atoms in total. The molecule has 138 valence electrons. The van der Waals surface area contributed by atoms with Gasteiger partial charge in [0.2, 0.25) is 0 Å². The molecule has 0 heterocycles. The third-order valence-corrected chi connectivity index (χ3v) is 3.92. The van der Waals surface area contributed by atoms with Crippen LogP contribution in [0.2, 0.25) is 5.02 Å². The van der Waals surface area contributed by atoms with Gasteiger partial charge in [0.15, 0.2) is 0 Å². The van der Waals surface area contributed by atoms with Crippen LogP contribution in [0.5, 0.6) is 5.75 Å². The van der Waals surface area contributed by atoms with Crippen molar-refractivity contribution in [3.63, 3.8) is 0 Å². The summed E-state index contributed by atoms with van der Waals surface area (Å²) >= 11 is 5.97. The van der Waals surface area contributed by atoms with E-state index in [9.17, 15) is 19.3 Å². The molecule has 8 heteroatoms. The van der Waals surface area contributed by atoms with Crippen LogP contribution in [-0.2, 0) is 0 Å². The Morgan fingerprint density at radius 3 is 2.73 bits per heavy atom. The van der Waals surface area contributed by atoms with Gasteiger partial charge in [-0.05, 0) is 18.6 Å². The van der Waals surface area contributed by atoms with Gasteiger partial charge in [-0.15, -0.1) is 0 Å². The number of nitro benzene ring substituents is 1. The summed E-state index contributed by atoms with van der Waals surface area (Å²) in [4.78, 5) is 22.7. The van der Waals surface area contributed by atoms with Gasteiger partial charge in [-0.2, -0.15) is 0 Å². The molecule has 0 aliphatic carbocycles. The Morgan fingerprint density at radius 2 is 2.04 bits per heavy atom. The molecule has 2 aromatic rings. The number of halogens is 2. The minimum atomic E-state index is -0.796. The number of unbranched alkanes of at least 4 members (excludes halogenated alkanes) is 2. The summed E-state index contributed by atoms with van der Waals surface area (Å²) in [6.45, 7) is 2.47. The largest absolute Gasteiger partial charge is 0.492 e. The van der Waals surface area contributed by atoms with Crippen molar-refractivity contribution in [2.75, 3.05) is 11.9 Å². The standard InChI is InChI=1S/C18H18ClFN2O4/c1-2-3-6-9-26-17-11-15(14(20)10-13(17)19)21-18(23)12-7-4-5-8-16(12)22(24)25/h4-5,7-8,10-11H,2-3,6,9H2,1H3,(H,21,23). The molecule has 0 saturated carbocycles. The van der Waals surface area contributed by atoms with Gasteiger partial charge in [0.25, 0.3) is 11.6 Å². The van der Waals surface area contributed by atoms with Gasteiger partial charge < -0.3 is 10.1 Å². The molecule has 2 rings (SSSR count). The molecule has 0 fully saturated rings. The number of hydrogen-bond acceptors (Lipinski definition) is 4. The van der Waals surface area contributed by atoms with Crippen LogP contribution in [0.15, 0.2) is 36.4 Å². The van der Waals surface area contributed by atoms with E-state index in [1.165, 1.54) is 30.3 Å². The second-order valence-corrected chi connectivity index (χ2v) is 5.95. The molecular weight excluding hydrogens is 363 g/mol. The zero-order valence-corrected chi connectivity index (χ0v) is 14.9. The third-order valence-electron chi connectivity index (χ3n) is 3.62. The van der Waals surface area contributed by atoms with Crippen molar-refractivity contribution >= 4 is 28.9 Å². The van der Waals surface area contributed by atoms with Crippen LogP contribution >= 0.6 is 11.6 Å². The van der Waals surface area contributed by atoms with Crippen LogP contribution < -0.4 is 10.1 Å². The van der Waals surface area contributed by atoms with Crippen LogP contribution in [0, 0.1) is 15.9 Å². The monoisotopic (exact) mass is 380 g/mol. The SMILES string of the molecule is CCCCCOc1cc(NC(=O)c2ccccc2[N+](=O)[O-])c(F)cc1Cl. The predicted molar refractivity (Wildman–Crippen MR) is 97.5 cm³/mol. The Hall–Kier alpha value is -2.67. The molecule has 0 bridgehead atoms. The molecule has 1 N–H and O–H groups in total. The average molecular weight is 381 g/mol. The number of rotatable bonds is 8. The van der Waals surface area contributed by atoms with E-state index >= 15 is 0 Å². The minimum absolute atomic E-state index is 0.0858. The van der Waals surface area contributed by atoms with Gasteiger partial charge in [-0.25, -0.2) is 4.39 Å². The number of nitro groups is 1. The van der Waals surface area contributed by atoms with Gasteiger partial charge in [0.1, 0.15) is 17.1 Å². The number of benzene rings is 2. The smallest absolute Gasteiger partial charge is 0.282 e. The van der Waals surface area contributed by atoms with E-state index < -0.39 is 16.6 Å². The molecule has 0 spiro atoms. The van der Waals surface area contributed by atoms with Gasteiger partial charge in [0.05, 0.1) is 22.2 Å². The number of para-hydroxylation sites is 1. The van der Waals surface area contributed by atoms with E-state index in [2.05, 4.69) is 12.2 Å². The van der Waals surface area contributed by atoms with Crippen LogP contribution in [0.25, 0.3) is 0 Å².